The summed E-state index contributed by atoms with van der Waals surface area (Å²) < 4.78 is 0. The van der Waals surface area contributed by atoms with Crippen LogP contribution < -0.4 is 16.0 Å². The van der Waals surface area contributed by atoms with Crippen LogP contribution in [0.5, 0.6) is 0 Å². The van der Waals surface area contributed by atoms with Crippen molar-refractivity contribution in [3.63, 3.8) is 0 Å². The number of carbonyl (C=O) groups is 1. The van der Waals surface area contributed by atoms with Crippen molar-refractivity contribution >= 4 is 11.7 Å². The number of rotatable bonds is 6. The minimum Gasteiger partial charge on any atom is -0.356 e. The van der Waals surface area contributed by atoms with Crippen molar-refractivity contribution in [2.45, 2.75) is 51.1 Å². The average molecular weight is 290 g/mol. The van der Waals surface area contributed by atoms with Gasteiger partial charge in [0.1, 0.15) is 5.82 Å². The summed E-state index contributed by atoms with van der Waals surface area (Å²) in [6.07, 6.45) is 6.12. The minimum atomic E-state index is -0.0105. The Kier molecular flexibility index (Phi) is 5.99. The highest BCUT2D eigenvalue weighted by Gasteiger charge is 2.21. The molecule has 1 aromatic heterocycles. The van der Waals surface area contributed by atoms with Crippen molar-refractivity contribution in [1.82, 2.24) is 10.3 Å². The Balaban J connectivity index is 1.73. The van der Waals surface area contributed by atoms with Crippen LogP contribution in [0, 0.1) is 0 Å². The molecular weight excluding hydrogens is 264 g/mol. The third-order valence-electron chi connectivity index (χ3n) is 3.94. The molecule has 0 aromatic carbocycles. The fourth-order valence-corrected chi connectivity index (χ4v) is 2.79. The number of nitrogens with two attached hydrogens (primary N) is 1. The van der Waals surface area contributed by atoms with E-state index in [1.54, 1.807) is 0 Å². The van der Waals surface area contributed by atoms with Crippen LogP contribution in [0.15, 0.2) is 24.4 Å². The summed E-state index contributed by atoms with van der Waals surface area (Å²) in [4.78, 5) is 18.6. The van der Waals surface area contributed by atoms with E-state index < -0.39 is 0 Å². The quantitative estimate of drug-likeness (QED) is 0.836. The van der Waals surface area contributed by atoms with Gasteiger partial charge in [0.15, 0.2) is 0 Å². The van der Waals surface area contributed by atoms with Crippen LogP contribution in [0.1, 0.15) is 39.0 Å². The number of aromatic nitrogens is 1. The molecule has 1 amide bonds. The number of pyridine rings is 1. The second-order valence-corrected chi connectivity index (χ2v) is 5.77. The zero-order chi connectivity index (χ0) is 15.1. The van der Waals surface area contributed by atoms with Crippen LogP contribution in [-0.4, -0.2) is 36.1 Å². The lowest BCUT2D eigenvalue weighted by Gasteiger charge is -2.33. The van der Waals surface area contributed by atoms with Crippen molar-refractivity contribution in [1.29, 1.82) is 0 Å². The molecule has 116 valence electrons. The Morgan fingerprint density at radius 2 is 2.24 bits per heavy atom. The maximum atomic E-state index is 11.9. The van der Waals surface area contributed by atoms with Gasteiger partial charge in [-0.3, -0.25) is 4.79 Å². The number of piperidine rings is 1. The summed E-state index contributed by atoms with van der Waals surface area (Å²) in [5.74, 6) is 1.11. The van der Waals surface area contributed by atoms with Gasteiger partial charge in [-0.2, -0.15) is 0 Å². The molecule has 0 bridgehead atoms. The van der Waals surface area contributed by atoms with Crippen molar-refractivity contribution in [3.05, 3.63) is 24.4 Å². The van der Waals surface area contributed by atoms with Crippen LogP contribution >= 0.6 is 0 Å². The molecule has 1 saturated heterocycles. The van der Waals surface area contributed by atoms with Crippen LogP contribution in [0.4, 0.5) is 5.82 Å². The first-order chi connectivity index (χ1) is 10.2. The first-order valence-corrected chi connectivity index (χ1v) is 7.90. The lowest BCUT2D eigenvalue weighted by atomic mass is 10.0. The maximum Gasteiger partial charge on any atom is 0.221 e. The second kappa shape index (κ2) is 7.98. The van der Waals surface area contributed by atoms with E-state index in [0.29, 0.717) is 6.42 Å². The van der Waals surface area contributed by atoms with Gasteiger partial charge in [-0.05, 0) is 31.4 Å². The molecule has 0 saturated carbocycles. The molecule has 0 aliphatic carbocycles. The van der Waals surface area contributed by atoms with Gasteiger partial charge in [0.05, 0.1) is 0 Å². The summed E-state index contributed by atoms with van der Waals surface area (Å²) in [6, 6.07) is 6.22. The minimum absolute atomic E-state index is 0.0105. The third kappa shape index (κ3) is 5.01. The molecule has 1 fully saturated rings. The Morgan fingerprint density at radius 1 is 1.48 bits per heavy atom. The molecule has 5 nitrogen and oxygen atoms in total. The van der Waals surface area contributed by atoms with E-state index in [-0.39, 0.29) is 18.0 Å². The van der Waals surface area contributed by atoms with Gasteiger partial charge in [-0.25, -0.2) is 4.98 Å². The van der Waals surface area contributed by atoms with Gasteiger partial charge in [0.2, 0.25) is 5.91 Å². The lowest BCUT2D eigenvalue weighted by molar-refractivity contribution is -0.122. The van der Waals surface area contributed by atoms with Gasteiger partial charge in [-0.1, -0.05) is 19.4 Å². The summed E-state index contributed by atoms with van der Waals surface area (Å²) in [6.45, 7) is 3.96. The maximum absolute atomic E-state index is 11.9. The summed E-state index contributed by atoms with van der Waals surface area (Å²) in [5.41, 5.74) is 5.91. The largest absolute Gasteiger partial charge is 0.356 e. The molecule has 1 aliphatic rings. The van der Waals surface area contributed by atoms with Crippen molar-refractivity contribution in [3.8, 4) is 0 Å². The fraction of sp³-hybridized carbons (Fsp3) is 0.625. The highest BCUT2D eigenvalue weighted by atomic mass is 16.1. The fourth-order valence-electron chi connectivity index (χ4n) is 2.79. The zero-order valence-electron chi connectivity index (χ0n) is 12.8. The Bertz CT molecular complexity index is 429. The predicted molar refractivity (Wildman–Crippen MR) is 85.1 cm³/mol. The van der Waals surface area contributed by atoms with Crippen LogP contribution in [0.3, 0.4) is 0 Å². The normalized spacial score (nSPS) is 17.5. The highest BCUT2D eigenvalue weighted by Crippen LogP contribution is 2.17. The standard InChI is InChI=1S/C16H26N4O/c1-2-5-13(17)12-16(21)19-14-7-10-20(11-8-14)15-6-3-4-9-18-15/h3-4,6,9,13-14H,2,5,7-8,10-12,17H2,1H3,(H,19,21). The third-order valence-corrected chi connectivity index (χ3v) is 3.94. The van der Waals surface area contributed by atoms with Gasteiger partial charge >= 0.3 is 0 Å². The van der Waals surface area contributed by atoms with E-state index in [0.717, 1.165) is 44.6 Å². The van der Waals surface area contributed by atoms with Crippen molar-refractivity contribution in [2.75, 3.05) is 18.0 Å². The first-order valence-electron chi connectivity index (χ1n) is 7.90. The second-order valence-electron chi connectivity index (χ2n) is 5.77. The molecule has 1 unspecified atom stereocenters. The predicted octanol–water partition coefficient (Wildman–Crippen LogP) is 1.68. The van der Waals surface area contributed by atoms with E-state index in [9.17, 15) is 4.79 Å². The number of anilines is 1. The zero-order valence-corrected chi connectivity index (χ0v) is 12.8. The molecule has 1 atom stereocenters. The van der Waals surface area contributed by atoms with Crippen molar-refractivity contribution in [2.24, 2.45) is 5.73 Å². The van der Waals surface area contributed by atoms with E-state index >= 15 is 0 Å². The SMILES string of the molecule is CCCC(N)CC(=O)NC1CCN(c2ccccn2)CC1. The van der Waals surface area contributed by atoms with Crippen molar-refractivity contribution < 1.29 is 4.79 Å². The Labute approximate surface area is 126 Å². The molecule has 2 rings (SSSR count). The van der Waals surface area contributed by atoms with E-state index in [2.05, 4.69) is 22.1 Å². The molecule has 0 spiro atoms. The van der Waals surface area contributed by atoms with E-state index in [1.807, 2.05) is 24.4 Å². The summed E-state index contributed by atoms with van der Waals surface area (Å²) in [7, 11) is 0. The molecule has 1 aromatic rings. The first kappa shape index (κ1) is 15.8. The summed E-state index contributed by atoms with van der Waals surface area (Å²) in [5, 5.41) is 3.11. The molecular formula is C16H26N4O. The number of nitrogens with one attached hydrogen (secondary N) is 1. The number of hydrogen-bond acceptors (Lipinski definition) is 4. The summed E-state index contributed by atoms with van der Waals surface area (Å²) >= 11 is 0. The van der Waals surface area contributed by atoms with Crippen LogP contribution in [0.2, 0.25) is 0 Å². The molecule has 1 aliphatic heterocycles. The lowest BCUT2D eigenvalue weighted by Crippen LogP contribution is -2.46. The Hall–Kier alpha value is -1.62. The van der Waals surface area contributed by atoms with Gasteiger partial charge in [0, 0.05) is 37.8 Å². The number of nitrogens with zero attached hydrogens (tertiary/aromatic N) is 2. The van der Waals surface area contributed by atoms with E-state index in [1.165, 1.54) is 0 Å². The van der Waals surface area contributed by atoms with E-state index in [4.69, 9.17) is 5.73 Å². The topological polar surface area (TPSA) is 71.2 Å². The molecule has 3 N–H and O–H groups in total. The number of hydrogen-bond donors (Lipinski definition) is 2. The highest BCUT2D eigenvalue weighted by molar-refractivity contribution is 5.76. The average Bonchev–Trinajstić information content (AvgIpc) is 2.49. The van der Waals surface area contributed by atoms with Crippen LogP contribution in [0.25, 0.3) is 0 Å². The van der Waals surface area contributed by atoms with Gasteiger partial charge in [-0.15, -0.1) is 0 Å². The Morgan fingerprint density at radius 3 is 2.86 bits per heavy atom. The molecule has 2 heterocycles. The number of amides is 1. The van der Waals surface area contributed by atoms with Gasteiger partial charge < -0.3 is 16.0 Å². The van der Waals surface area contributed by atoms with Gasteiger partial charge in [0.25, 0.3) is 0 Å². The van der Waals surface area contributed by atoms with Crippen LogP contribution in [-0.2, 0) is 4.79 Å². The molecule has 5 heteroatoms. The smallest absolute Gasteiger partial charge is 0.221 e. The molecule has 21 heavy (non-hydrogen) atoms. The monoisotopic (exact) mass is 290 g/mol. The number of carbonyl (C=O) groups excluding carboxylic acids is 1. The molecule has 0 radical (unpaired) electrons.